The minimum absolute atomic E-state index is 0.163. The van der Waals surface area contributed by atoms with Crippen molar-refractivity contribution < 1.29 is 18.8 Å². The van der Waals surface area contributed by atoms with E-state index in [2.05, 4.69) is 0 Å². The smallest absolute Gasteiger partial charge is 0.468 e. The van der Waals surface area contributed by atoms with Crippen LogP contribution in [0.5, 0.6) is 0 Å². The van der Waals surface area contributed by atoms with E-state index in [-0.39, 0.29) is 5.97 Å². The van der Waals surface area contributed by atoms with Crippen molar-refractivity contribution >= 4 is 26.4 Å². The van der Waals surface area contributed by atoms with Crippen LogP contribution >= 0.6 is 0 Å². The molecule has 2 aliphatic rings. The summed E-state index contributed by atoms with van der Waals surface area (Å²) in [6.45, 7) is 5.65. The van der Waals surface area contributed by atoms with Crippen LogP contribution in [0.15, 0.2) is 24.3 Å². The number of benzene rings is 1. The Morgan fingerprint density at radius 1 is 1.18 bits per heavy atom. The predicted molar refractivity (Wildman–Crippen MR) is 85.2 cm³/mol. The van der Waals surface area contributed by atoms with Crippen LogP contribution in [-0.2, 0) is 24.3 Å². The summed E-state index contributed by atoms with van der Waals surface area (Å²) in [6.07, 6.45) is 1.67. The summed E-state index contributed by atoms with van der Waals surface area (Å²) in [6, 6.07) is 7.76. The molecule has 0 bridgehead atoms. The Morgan fingerprint density at radius 3 is 2.18 bits per heavy atom. The molecule has 1 atom stereocenters. The van der Waals surface area contributed by atoms with Crippen molar-refractivity contribution in [2.45, 2.75) is 50.1 Å². The maximum absolute atomic E-state index is 11.9. The Hall–Kier alpha value is -1.26. The van der Waals surface area contributed by atoms with Gasteiger partial charge >= 0.3 is 13.1 Å². The van der Waals surface area contributed by atoms with Gasteiger partial charge < -0.3 is 14.0 Å². The summed E-state index contributed by atoms with van der Waals surface area (Å²) in [5.74, 6) is -0.163. The van der Waals surface area contributed by atoms with E-state index in [1.165, 1.54) is 7.11 Å². The highest BCUT2D eigenvalue weighted by atomic mass is 16.7. The van der Waals surface area contributed by atoms with Crippen molar-refractivity contribution in [2.75, 3.05) is 7.11 Å². The Balaban J connectivity index is 1.81. The molecule has 1 aromatic carbocycles. The lowest BCUT2D eigenvalue weighted by atomic mass is 9.71. The van der Waals surface area contributed by atoms with Crippen molar-refractivity contribution in [3.8, 4) is 0 Å². The van der Waals surface area contributed by atoms with Gasteiger partial charge in [0.2, 0.25) is 0 Å². The van der Waals surface area contributed by atoms with Gasteiger partial charge in [0, 0.05) is 5.50 Å². The van der Waals surface area contributed by atoms with Crippen LogP contribution in [-0.4, -0.2) is 39.1 Å². The molecule has 6 heteroatoms. The first-order valence-corrected chi connectivity index (χ1v) is 7.55. The zero-order chi connectivity index (χ0) is 16.2. The first-order valence-electron chi connectivity index (χ1n) is 7.55. The molecule has 22 heavy (non-hydrogen) atoms. The van der Waals surface area contributed by atoms with Crippen LogP contribution in [0.3, 0.4) is 0 Å². The SMILES string of the molecule is [B]C1(C)OB(c2ccc(C3(C(=O)OC)CC3)cc2)OC1(C)C. The summed E-state index contributed by atoms with van der Waals surface area (Å²) < 4.78 is 16.7. The molecule has 1 saturated carbocycles. The van der Waals surface area contributed by atoms with Crippen molar-refractivity contribution in [2.24, 2.45) is 0 Å². The van der Waals surface area contributed by atoms with Gasteiger partial charge in [0.25, 0.3) is 0 Å². The maximum Gasteiger partial charge on any atom is 0.494 e. The molecule has 0 amide bonds. The second-order valence-corrected chi connectivity index (χ2v) is 6.88. The van der Waals surface area contributed by atoms with Crippen LogP contribution in [0, 0.1) is 0 Å². The lowest BCUT2D eigenvalue weighted by molar-refractivity contribution is -0.143. The second kappa shape index (κ2) is 4.87. The molecule has 1 aromatic rings. The van der Waals surface area contributed by atoms with E-state index in [0.29, 0.717) is 0 Å². The average molecular weight is 298 g/mol. The fraction of sp³-hybridized carbons (Fsp3) is 0.562. The average Bonchev–Trinajstić information content (AvgIpc) is 3.23. The van der Waals surface area contributed by atoms with Crippen molar-refractivity contribution in [3.63, 3.8) is 0 Å². The molecule has 1 aliphatic carbocycles. The number of esters is 1. The molecule has 1 unspecified atom stereocenters. The monoisotopic (exact) mass is 298 g/mol. The topological polar surface area (TPSA) is 44.8 Å². The van der Waals surface area contributed by atoms with Gasteiger partial charge in [-0.15, -0.1) is 0 Å². The molecular weight excluding hydrogens is 278 g/mol. The molecule has 1 aliphatic heterocycles. The first kappa shape index (κ1) is 15.6. The number of hydrogen-bond acceptors (Lipinski definition) is 4. The van der Waals surface area contributed by atoms with Crippen LogP contribution in [0.2, 0.25) is 0 Å². The van der Waals surface area contributed by atoms with Crippen LogP contribution < -0.4 is 5.46 Å². The zero-order valence-corrected chi connectivity index (χ0v) is 13.5. The van der Waals surface area contributed by atoms with Crippen molar-refractivity contribution in [1.29, 1.82) is 0 Å². The highest BCUT2D eigenvalue weighted by molar-refractivity contribution is 6.62. The molecule has 1 saturated heterocycles. The van der Waals surface area contributed by atoms with Gasteiger partial charge in [-0.25, -0.2) is 0 Å². The highest BCUT2D eigenvalue weighted by Gasteiger charge is 2.53. The molecule has 0 spiro atoms. The minimum atomic E-state index is -0.847. The lowest BCUT2D eigenvalue weighted by Crippen LogP contribution is -2.45. The number of ether oxygens (including phenoxy) is 1. The van der Waals surface area contributed by atoms with Crippen molar-refractivity contribution in [1.82, 2.24) is 0 Å². The summed E-state index contributed by atoms with van der Waals surface area (Å²) in [7, 11) is 7.08. The third-order valence-corrected chi connectivity index (χ3v) is 5.01. The van der Waals surface area contributed by atoms with E-state index in [0.717, 1.165) is 23.9 Å². The molecule has 1 heterocycles. The van der Waals surface area contributed by atoms with E-state index >= 15 is 0 Å². The van der Waals surface area contributed by atoms with Gasteiger partial charge in [-0.3, -0.25) is 4.79 Å². The van der Waals surface area contributed by atoms with Gasteiger partial charge in [0.05, 0.1) is 18.1 Å². The van der Waals surface area contributed by atoms with Crippen LogP contribution in [0.4, 0.5) is 0 Å². The van der Waals surface area contributed by atoms with Gasteiger partial charge in [0.15, 0.2) is 0 Å². The first-order chi connectivity index (χ1) is 10.2. The molecule has 114 valence electrons. The van der Waals surface area contributed by atoms with Gasteiger partial charge in [-0.2, -0.15) is 0 Å². The molecule has 2 radical (unpaired) electrons. The Morgan fingerprint density at radius 2 is 1.77 bits per heavy atom. The summed E-state index contributed by atoms with van der Waals surface area (Å²) in [5.41, 5.74) is 0.00876. The van der Waals surface area contributed by atoms with Crippen LogP contribution in [0.1, 0.15) is 39.2 Å². The lowest BCUT2D eigenvalue weighted by Gasteiger charge is -2.33. The molecule has 3 rings (SSSR count). The fourth-order valence-corrected chi connectivity index (χ4v) is 2.80. The maximum atomic E-state index is 11.9. The number of rotatable bonds is 3. The number of carbonyl (C=O) groups is 1. The van der Waals surface area contributed by atoms with E-state index < -0.39 is 23.6 Å². The summed E-state index contributed by atoms with van der Waals surface area (Å²) in [5, 5.41) is 0. The largest absolute Gasteiger partial charge is 0.494 e. The van der Waals surface area contributed by atoms with E-state index in [1.807, 2.05) is 45.0 Å². The second-order valence-electron chi connectivity index (χ2n) is 6.88. The van der Waals surface area contributed by atoms with Gasteiger partial charge in [-0.1, -0.05) is 24.3 Å². The summed E-state index contributed by atoms with van der Waals surface area (Å²) in [4.78, 5) is 11.9. The standard InChI is InChI=1S/C16H20B2O4/c1-14(2)15(3,17)22-18(21-14)12-7-5-11(6-8-12)16(9-10-16)13(19)20-4/h5-8H,9-10H2,1-4H3. The number of carbonyl (C=O) groups excluding carboxylic acids is 1. The Labute approximate surface area is 133 Å². The molecule has 2 fully saturated rings. The molecule has 0 N–H and O–H groups in total. The third-order valence-electron chi connectivity index (χ3n) is 5.01. The number of methoxy groups -OCH3 is 1. The third kappa shape index (κ3) is 2.29. The van der Waals surface area contributed by atoms with E-state index in [4.69, 9.17) is 21.9 Å². The minimum Gasteiger partial charge on any atom is -0.468 e. The van der Waals surface area contributed by atoms with Gasteiger partial charge in [0.1, 0.15) is 7.85 Å². The number of hydrogen-bond donors (Lipinski definition) is 0. The zero-order valence-electron chi connectivity index (χ0n) is 13.5. The quantitative estimate of drug-likeness (QED) is 0.623. The molecular formula is C16H20B2O4. The predicted octanol–water partition coefficient (Wildman–Crippen LogP) is 1.30. The Kier molecular flexibility index (Phi) is 3.46. The summed E-state index contributed by atoms with van der Waals surface area (Å²) >= 11 is 0. The fourth-order valence-electron chi connectivity index (χ4n) is 2.80. The van der Waals surface area contributed by atoms with Crippen molar-refractivity contribution in [3.05, 3.63) is 29.8 Å². The van der Waals surface area contributed by atoms with E-state index in [9.17, 15) is 4.79 Å². The van der Waals surface area contributed by atoms with E-state index in [1.54, 1.807) is 0 Å². The van der Waals surface area contributed by atoms with Gasteiger partial charge in [-0.05, 0) is 44.6 Å². The van der Waals surface area contributed by atoms with Crippen LogP contribution in [0.25, 0.3) is 0 Å². The molecule has 0 aromatic heterocycles. The normalized spacial score (nSPS) is 28.5. The highest BCUT2D eigenvalue weighted by Crippen LogP contribution is 2.49. The Bertz CT molecular complexity index is 575. The molecule has 4 nitrogen and oxygen atoms in total.